The van der Waals surface area contributed by atoms with E-state index in [0.717, 1.165) is 25.7 Å². The lowest BCUT2D eigenvalue weighted by Crippen LogP contribution is -1.92. The predicted octanol–water partition coefficient (Wildman–Crippen LogP) is 2.65. The lowest BCUT2D eigenvalue weighted by Gasteiger charge is -2.05. The van der Waals surface area contributed by atoms with Crippen LogP contribution in [0.5, 0.6) is 0 Å². The van der Waals surface area contributed by atoms with Gasteiger partial charge in [-0.3, -0.25) is 0 Å². The van der Waals surface area contributed by atoms with Crippen molar-refractivity contribution in [1.29, 1.82) is 0 Å². The van der Waals surface area contributed by atoms with Crippen LogP contribution in [-0.2, 0) is 0 Å². The van der Waals surface area contributed by atoms with Gasteiger partial charge in [-0.25, -0.2) is 0 Å². The molecule has 0 aromatic rings. The maximum absolute atomic E-state index is 5.14. The molecule has 0 nitrogen and oxygen atoms in total. The van der Waals surface area contributed by atoms with E-state index in [1.54, 1.807) is 0 Å². The molecular formula is C11H15. The second kappa shape index (κ2) is 7.23. The van der Waals surface area contributed by atoms with E-state index in [0.29, 0.717) is 5.92 Å². The molecule has 0 aromatic carbocycles. The highest BCUT2D eigenvalue weighted by Gasteiger charge is 1.98. The summed E-state index contributed by atoms with van der Waals surface area (Å²) in [5, 5.41) is 0. The maximum Gasteiger partial charge on any atom is 0.0198 e. The van der Waals surface area contributed by atoms with E-state index in [-0.39, 0.29) is 0 Å². The first-order valence-corrected chi connectivity index (χ1v) is 3.99. The topological polar surface area (TPSA) is 0 Å². The standard InChI is InChI=1S/C11H15/c1-4-6-8-10-11(3)9-7-5-2/h2,11H,1,7-10H2,3H3. The van der Waals surface area contributed by atoms with Gasteiger partial charge in [-0.15, -0.1) is 24.2 Å². The highest BCUT2D eigenvalue weighted by atomic mass is 14.0. The summed E-state index contributed by atoms with van der Waals surface area (Å²) < 4.78 is 0. The van der Waals surface area contributed by atoms with Crippen LogP contribution in [0.1, 0.15) is 32.6 Å². The molecule has 0 bridgehead atoms. The second-order valence-corrected chi connectivity index (χ2v) is 2.74. The van der Waals surface area contributed by atoms with Crippen molar-refractivity contribution in [2.45, 2.75) is 32.6 Å². The van der Waals surface area contributed by atoms with Gasteiger partial charge in [0, 0.05) is 19.8 Å². The molecule has 1 radical (unpaired) electrons. The van der Waals surface area contributed by atoms with Crippen molar-refractivity contribution in [3.63, 3.8) is 0 Å². The van der Waals surface area contributed by atoms with Crippen LogP contribution in [0.2, 0.25) is 0 Å². The van der Waals surface area contributed by atoms with Crippen LogP contribution in [0.4, 0.5) is 0 Å². The number of rotatable bonds is 4. The van der Waals surface area contributed by atoms with Gasteiger partial charge in [0.1, 0.15) is 0 Å². The predicted molar refractivity (Wildman–Crippen MR) is 49.6 cm³/mol. The summed E-state index contributed by atoms with van der Waals surface area (Å²) in [7, 11) is 0. The third-order valence-electron chi connectivity index (χ3n) is 1.67. The first kappa shape index (κ1) is 10.1. The van der Waals surface area contributed by atoms with E-state index >= 15 is 0 Å². The van der Waals surface area contributed by atoms with Crippen LogP contribution in [0, 0.1) is 37.0 Å². The summed E-state index contributed by atoms with van der Waals surface area (Å²) >= 11 is 0. The Morgan fingerprint density at radius 2 is 2.00 bits per heavy atom. The van der Waals surface area contributed by atoms with Crippen molar-refractivity contribution >= 4 is 0 Å². The summed E-state index contributed by atoms with van der Waals surface area (Å²) in [6, 6.07) is 0. The van der Waals surface area contributed by atoms with Gasteiger partial charge in [0.15, 0.2) is 0 Å². The normalized spacial score (nSPS) is 11.0. The Bertz CT molecular complexity index is 172. The summed E-state index contributed by atoms with van der Waals surface area (Å²) in [5.74, 6) is 8.92. The molecule has 0 heteroatoms. The SMILES string of the molecule is C#CCCC(C)CCC#C[CH2]. The smallest absolute Gasteiger partial charge is 0.0198 e. The van der Waals surface area contributed by atoms with Gasteiger partial charge >= 0.3 is 0 Å². The van der Waals surface area contributed by atoms with E-state index < -0.39 is 0 Å². The third kappa shape index (κ3) is 7.01. The van der Waals surface area contributed by atoms with Crippen molar-refractivity contribution in [1.82, 2.24) is 0 Å². The van der Waals surface area contributed by atoms with Gasteiger partial charge in [0.05, 0.1) is 0 Å². The molecule has 0 aliphatic rings. The highest BCUT2D eigenvalue weighted by molar-refractivity contribution is 5.01. The Morgan fingerprint density at radius 3 is 2.55 bits per heavy atom. The van der Waals surface area contributed by atoms with E-state index in [4.69, 9.17) is 6.42 Å². The monoisotopic (exact) mass is 147 g/mol. The summed E-state index contributed by atoms with van der Waals surface area (Å²) in [6.07, 6.45) is 9.25. The molecule has 0 amide bonds. The first-order valence-electron chi connectivity index (χ1n) is 3.99. The molecule has 0 aliphatic carbocycles. The van der Waals surface area contributed by atoms with Crippen molar-refractivity contribution in [2.24, 2.45) is 5.92 Å². The van der Waals surface area contributed by atoms with Crippen LogP contribution in [0.3, 0.4) is 0 Å². The van der Waals surface area contributed by atoms with Crippen LogP contribution in [-0.4, -0.2) is 0 Å². The number of hydrogen-bond acceptors (Lipinski definition) is 0. The van der Waals surface area contributed by atoms with E-state index in [1.165, 1.54) is 0 Å². The molecule has 1 atom stereocenters. The number of hydrogen-bond donors (Lipinski definition) is 0. The molecule has 1 unspecified atom stereocenters. The molecule has 0 saturated heterocycles. The van der Waals surface area contributed by atoms with Crippen molar-refractivity contribution in [2.75, 3.05) is 0 Å². The van der Waals surface area contributed by atoms with Gasteiger partial charge in [0.25, 0.3) is 0 Å². The molecule has 0 saturated carbocycles. The van der Waals surface area contributed by atoms with E-state index in [1.807, 2.05) is 0 Å². The minimum Gasteiger partial charge on any atom is -0.120 e. The van der Waals surface area contributed by atoms with Gasteiger partial charge < -0.3 is 0 Å². The Morgan fingerprint density at radius 1 is 1.36 bits per heavy atom. The quantitative estimate of drug-likeness (QED) is 0.536. The summed E-state index contributed by atoms with van der Waals surface area (Å²) in [5.41, 5.74) is 0. The van der Waals surface area contributed by atoms with Crippen LogP contribution < -0.4 is 0 Å². The fourth-order valence-electron chi connectivity index (χ4n) is 0.881. The highest BCUT2D eigenvalue weighted by Crippen LogP contribution is 2.10. The van der Waals surface area contributed by atoms with Gasteiger partial charge in [-0.1, -0.05) is 6.92 Å². The van der Waals surface area contributed by atoms with Crippen molar-refractivity contribution in [3.8, 4) is 24.2 Å². The lowest BCUT2D eigenvalue weighted by atomic mass is 10.0. The van der Waals surface area contributed by atoms with Crippen molar-refractivity contribution < 1.29 is 0 Å². The molecule has 0 heterocycles. The largest absolute Gasteiger partial charge is 0.120 e. The van der Waals surface area contributed by atoms with E-state index in [2.05, 4.69) is 31.6 Å². The summed E-state index contributed by atoms with van der Waals surface area (Å²) in [4.78, 5) is 0. The Balaban J connectivity index is 3.28. The van der Waals surface area contributed by atoms with Crippen LogP contribution in [0.15, 0.2) is 0 Å². The fraction of sp³-hybridized carbons (Fsp3) is 0.545. The van der Waals surface area contributed by atoms with Gasteiger partial charge in [-0.2, -0.15) is 0 Å². The molecule has 0 N–H and O–H groups in total. The molecule has 0 fully saturated rings. The van der Waals surface area contributed by atoms with Crippen LogP contribution in [0.25, 0.3) is 0 Å². The minimum atomic E-state index is 0.701. The van der Waals surface area contributed by atoms with E-state index in [9.17, 15) is 0 Å². The molecule has 0 aromatic heterocycles. The van der Waals surface area contributed by atoms with Gasteiger partial charge in [0.2, 0.25) is 0 Å². The zero-order chi connectivity index (χ0) is 8.53. The zero-order valence-corrected chi connectivity index (χ0v) is 7.19. The third-order valence-corrected chi connectivity index (χ3v) is 1.67. The Kier molecular flexibility index (Phi) is 6.65. The summed E-state index contributed by atoms with van der Waals surface area (Å²) in [6.45, 7) is 5.66. The first-order chi connectivity index (χ1) is 5.31. The molecule has 59 valence electrons. The zero-order valence-electron chi connectivity index (χ0n) is 7.19. The molecule has 11 heavy (non-hydrogen) atoms. The van der Waals surface area contributed by atoms with Crippen molar-refractivity contribution in [3.05, 3.63) is 6.92 Å². The van der Waals surface area contributed by atoms with Crippen LogP contribution >= 0.6 is 0 Å². The second-order valence-electron chi connectivity index (χ2n) is 2.74. The molecule has 0 aliphatic heterocycles. The average Bonchev–Trinajstić information content (AvgIpc) is 2.01. The average molecular weight is 147 g/mol. The lowest BCUT2D eigenvalue weighted by molar-refractivity contribution is 0.508. The molecule has 0 spiro atoms. The molecular weight excluding hydrogens is 132 g/mol. The fourth-order valence-corrected chi connectivity index (χ4v) is 0.881. The Labute approximate surface area is 70.4 Å². The number of terminal acetylenes is 1. The Hall–Kier alpha value is -0.880. The molecule has 0 rings (SSSR count). The van der Waals surface area contributed by atoms with Gasteiger partial charge in [-0.05, 0) is 18.8 Å². The maximum atomic E-state index is 5.14. The minimum absolute atomic E-state index is 0.701.